The van der Waals surface area contributed by atoms with Crippen LogP contribution in [0.2, 0.25) is 0 Å². The second-order valence-electron chi connectivity index (χ2n) is 4.62. The zero-order chi connectivity index (χ0) is 17.4. The zero-order valence-electron chi connectivity index (χ0n) is 11.8. The molecule has 11 nitrogen and oxygen atoms in total. The van der Waals surface area contributed by atoms with E-state index < -0.39 is 41.9 Å². The lowest BCUT2D eigenvalue weighted by Crippen LogP contribution is -2.37. The van der Waals surface area contributed by atoms with Crippen LogP contribution in [0.5, 0.6) is 0 Å². The van der Waals surface area contributed by atoms with Crippen LogP contribution >= 0.6 is 0 Å². The fraction of sp³-hybridized carbons (Fsp3) is 0.400. The maximum absolute atomic E-state index is 11.5. The Kier molecular flexibility index (Phi) is 4.48. The molecule has 1 aromatic carbocycles. The van der Waals surface area contributed by atoms with E-state index >= 15 is 0 Å². The van der Waals surface area contributed by atoms with Crippen LogP contribution < -0.4 is 15.8 Å². The normalized spacial score (nSPS) is 17.7. The highest BCUT2D eigenvalue weighted by molar-refractivity contribution is 7.89. The highest BCUT2D eigenvalue weighted by Crippen LogP contribution is 2.38. The highest BCUT2D eigenvalue weighted by Gasteiger charge is 2.30. The molecule has 0 aliphatic carbocycles. The van der Waals surface area contributed by atoms with Gasteiger partial charge in [-0.1, -0.05) is 0 Å². The molecule has 1 aliphatic heterocycles. The van der Waals surface area contributed by atoms with Crippen LogP contribution in [0, 0.1) is 10.1 Å². The monoisotopic (exact) mass is 366 g/mol. The predicted octanol–water partition coefficient (Wildman–Crippen LogP) is -0.228. The van der Waals surface area contributed by atoms with E-state index in [4.69, 9.17) is 9.32 Å². The highest BCUT2D eigenvalue weighted by atomic mass is 32.2. The first-order valence-corrected chi connectivity index (χ1v) is 9.42. The van der Waals surface area contributed by atoms with Crippen LogP contribution in [-0.2, 0) is 24.3 Å². The van der Waals surface area contributed by atoms with Gasteiger partial charge in [-0.2, -0.15) is 8.42 Å². The molecule has 0 saturated heterocycles. The summed E-state index contributed by atoms with van der Waals surface area (Å²) in [7, 11) is -7.91. The van der Waals surface area contributed by atoms with Crippen LogP contribution in [0.25, 0.3) is 0 Å². The summed E-state index contributed by atoms with van der Waals surface area (Å²) in [5.41, 5.74) is -0.539. The molecule has 1 atom stereocenters. The third-order valence-corrected chi connectivity index (χ3v) is 5.14. The molecule has 0 fully saturated rings. The number of nitro benzene ring substituents is 1. The van der Waals surface area contributed by atoms with E-state index in [9.17, 15) is 26.9 Å². The molecular formula is C10H14N4O7S2. The number of sulfonamides is 1. The van der Waals surface area contributed by atoms with Crippen molar-refractivity contribution >= 4 is 37.2 Å². The van der Waals surface area contributed by atoms with Gasteiger partial charge in [-0.25, -0.2) is 17.7 Å². The van der Waals surface area contributed by atoms with E-state index in [1.165, 1.54) is 6.92 Å². The van der Waals surface area contributed by atoms with Gasteiger partial charge in [0.25, 0.3) is 15.8 Å². The number of nitrogens with two attached hydrogens (primary N) is 1. The lowest BCUT2D eigenvalue weighted by molar-refractivity contribution is -0.384. The van der Waals surface area contributed by atoms with Gasteiger partial charge in [-0.3, -0.25) is 10.1 Å². The number of primary sulfonamides is 1. The predicted molar refractivity (Wildman–Crippen MR) is 80.9 cm³/mol. The second-order valence-corrected chi connectivity index (χ2v) is 8.07. The number of nitrogens with zero attached hydrogens (tertiary/aromatic N) is 1. The fourth-order valence-corrected chi connectivity index (χ4v) is 3.08. The smallest absolute Gasteiger partial charge is 0.295 e. The molecule has 0 radical (unpaired) electrons. The number of benzene rings is 1. The summed E-state index contributed by atoms with van der Waals surface area (Å²) in [6.07, 6.45) is -1.06. The first kappa shape index (κ1) is 17.4. The largest absolute Gasteiger partial charge is 0.379 e. The van der Waals surface area contributed by atoms with E-state index in [-0.39, 0.29) is 23.7 Å². The van der Waals surface area contributed by atoms with Gasteiger partial charge in [0.15, 0.2) is 6.23 Å². The number of nitrogens with one attached hydrogen (secondary N) is 2. The van der Waals surface area contributed by atoms with E-state index in [1.807, 2.05) is 0 Å². The maximum Gasteiger partial charge on any atom is 0.295 e. The van der Waals surface area contributed by atoms with E-state index in [1.54, 1.807) is 0 Å². The Morgan fingerprint density at radius 3 is 2.57 bits per heavy atom. The number of hydrogen-bond donors (Lipinski definition) is 3. The molecule has 1 heterocycles. The summed E-state index contributed by atoms with van der Waals surface area (Å²) in [6, 6.07) is 1.91. The van der Waals surface area contributed by atoms with Crippen molar-refractivity contribution in [2.24, 2.45) is 5.14 Å². The molecule has 13 heteroatoms. The van der Waals surface area contributed by atoms with Crippen molar-refractivity contribution < 1.29 is 25.9 Å². The van der Waals surface area contributed by atoms with E-state index in [0.29, 0.717) is 0 Å². The van der Waals surface area contributed by atoms with Crippen LogP contribution in [-0.4, -0.2) is 40.3 Å². The van der Waals surface area contributed by atoms with Gasteiger partial charge in [0.2, 0.25) is 10.0 Å². The first-order chi connectivity index (χ1) is 10.5. The lowest BCUT2D eigenvalue weighted by Gasteiger charge is -2.27. The Morgan fingerprint density at radius 2 is 2.04 bits per heavy atom. The minimum absolute atomic E-state index is 0.0442. The van der Waals surface area contributed by atoms with Crippen molar-refractivity contribution in [2.45, 2.75) is 18.0 Å². The summed E-state index contributed by atoms with van der Waals surface area (Å²) in [5.74, 6) is -0.259. The van der Waals surface area contributed by atoms with Gasteiger partial charge < -0.3 is 10.6 Å². The number of nitro groups is 1. The van der Waals surface area contributed by atoms with Crippen LogP contribution in [0.4, 0.5) is 17.1 Å². The topological polar surface area (TPSA) is 171 Å². The Labute approximate surface area is 132 Å². The lowest BCUT2D eigenvalue weighted by atomic mass is 10.2. The number of rotatable bonds is 5. The molecule has 0 bridgehead atoms. The molecule has 4 N–H and O–H groups in total. The van der Waals surface area contributed by atoms with Crippen molar-refractivity contribution in [1.82, 2.24) is 0 Å². The average Bonchev–Trinajstić information content (AvgIpc) is 2.44. The average molecular weight is 366 g/mol. The molecule has 0 spiro atoms. The first-order valence-electron chi connectivity index (χ1n) is 6.30. The molecule has 0 aromatic heterocycles. The molecule has 0 unspecified atom stereocenters. The van der Waals surface area contributed by atoms with Crippen LogP contribution in [0.15, 0.2) is 17.0 Å². The fourth-order valence-electron chi connectivity index (χ4n) is 1.92. The molecule has 23 heavy (non-hydrogen) atoms. The van der Waals surface area contributed by atoms with E-state index in [2.05, 4.69) is 10.6 Å². The van der Waals surface area contributed by atoms with Crippen LogP contribution in [0.3, 0.4) is 0 Å². The number of anilines is 2. The summed E-state index contributed by atoms with van der Waals surface area (Å²) in [5, 5.41) is 21.4. The van der Waals surface area contributed by atoms with E-state index in [0.717, 1.165) is 12.1 Å². The molecule has 0 amide bonds. The van der Waals surface area contributed by atoms with Crippen molar-refractivity contribution in [3.63, 3.8) is 0 Å². The van der Waals surface area contributed by atoms with Crippen molar-refractivity contribution in [2.75, 3.05) is 22.9 Å². The van der Waals surface area contributed by atoms with Gasteiger partial charge >= 0.3 is 0 Å². The molecule has 1 aromatic rings. The summed E-state index contributed by atoms with van der Waals surface area (Å²) in [4.78, 5) is 9.90. The number of hydrogen-bond acceptors (Lipinski definition) is 9. The standard InChI is InChI=1S/C10H14N4O7S2/c1-2-22(17,18)21-9-5-12-7-3-6(23(11,19)20)4-8(14(15)16)10(7)13-9/h3-4,9,12-13H,2,5H2,1H3,(H2,11,19,20)/t9-/m0/s1. The van der Waals surface area contributed by atoms with Crippen molar-refractivity contribution in [3.8, 4) is 0 Å². The number of fused-ring (bicyclic) bond motifs is 1. The summed E-state index contributed by atoms with van der Waals surface area (Å²) >= 11 is 0. The molecule has 1 aliphatic rings. The Bertz CT molecular complexity index is 850. The molecule has 0 saturated carbocycles. The molecular weight excluding hydrogens is 352 g/mol. The maximum atomic E-state index is 11.5. The molecule has 2 rings (SSSR count). The van der Waals surface area contributed by atoms with Gasteiger partial charge in [0.1, 0.15) is 5.69 Å². The Balaban J connectivity index is 2.45. The quantitative estimate of drug-likeness (QED) is 0.361. The van der Waals surface area contributed by atoms with Gasteiger partial charge in [0.05, 0.1) is 27.8 Å². The Morgan fingerprint density at radius 1 is 1.39 bits per heavy atom. The van der Waals surface area contributed by atoms with Crippen molar-refractivity contribution in [3.05, 3.63) is 22.2 Å². The third-order valence-electron chi connectivity index (χ3n) is 3.02. The zero-order valence-corrected chi connectivity index (χ0v) is 13.5. The molecule has 128 valence electrons. The minimum atomic E-state index is -4.14. The minimum Gasteiger partial charge on any atom is -0.379 e. The Hall–Kier alpha value is -1.96. The summed E-state index contributed by atoms with van der Waals surface area (Å²) in [6.45, 7) is 1.35. The second kappa shape index (κ2) is 5.92. The van der Waals surface area contributed by atoms with Gasteiger partial charge in [0, 0.05) is 6.07 Å². The van der Waals surface area contributed by atoms with Crippen molar-refractivity contribution in [1.29, 1.82) is 0 Å². The SMILES string of the molecule is CCS(=O)(=O)O[C@H]1CNc2cc(S(N)(=O)=O)cc([N+](=O)[O-])c2N1. The van der Waals surface area contributed by atoms with Gasteiger partial charge in [-0.15, -0.1) is 0 Å². The third kappa shape index (κ3) is 3.87. The van der Waals surface area contributed by atoms with Crippen LogP contribution in [0.1, 0.15) is 6.92 Å². The summed E-state index contributed by atoms with van der Waals surface area (Å²) < 4.78 is 50.6. The van der Waals surface area contributed by atoms with Gasteiger partial charge in [-0.05, 0) is 13.0 Å².